The van der Waals surface area contributed by atoms with E-state index in [-0.39, 0.29) is 17.2 Å². The summed E-state index contributed by atoms with van der Waals surface area (Å²) in [5, 5.41) is 8.96. The summed E-state index contributed by atoms with van der Waals surface area (Å²) in [5.41, 5.74) is 0.150. The Hall–Kier alpha value is -1.06. The number of carboxylic acids is 1. The second-order valence-corrected chi connectivity index (χ2v) is 6.08. The van der Waals surface area contributed by atoms with E-state index in [1.807, 2.05) is 0 Å². The SMILES string of the molecule is CC(C)(C)CCC(=O)N1CCC[C@H](C(=O)O)C1. The van der Waals surface area contributed by atoms with Crippen molar-refractivity contribution in [2.24, 2.45) is 11.3 Å². The molecule has 0 radical (unpaired) electrons. The third kappa shape index (κ3) is 4.75. The predicted octanol–water partition coefficient (Wildman–Crippen LogP) is 2.14. The molecule has 1 amide bonds. The van der Waals surface area contributed by atoms with Crippen LogP contribution in [0.25, 0.3) is 0 Å². The van der Waals surface area contributed by atoms with E-state index in [2.05, 4.69) is 20.8 Å². The quantitative estimate of drug-likeness (QED) is 0.823. The molecule has 0 aliphatic carbocycles. The molecule has 0 unspecified atom stereocenters. The molecule has 1 aliphatic heterocycles. The van der Waals surface area contributed by atoms with Gasteiger partial charge in [0.05, 0.1) is 5.92 Å². The molecule has 1 saturated heterocycles. The lowest BCUT2D eigenvalue weighted by Crippen LogP contribution is -2.42. The van der Waals surface area contributed by atoms with Gasteiger partial charge in [-0.2, -0.15) is 0 Å². The molecular weight excluding hydrogens is 218 g/mol. The number of hydrogen-bond acceptors (Lipinski definition) is 2. The molecule has 0 aromatic carbocycles. The highest BCUT2D eigenvalue weighted by molar-refractivity contribution is 5.78. The molecule has 1 heterocycles. The lowest BCUT2D eigenvalue weighted by Gasteiger charge is -2.31. The molecule has 4 heteroatoms. The number of amides is 1. The van der Waals surface area contributed by atoms with Crippen LogP contribution in [0.15, 0.2) is 0 Å². The van der Waals surface area contributed by atoms with Crippen molar-refractivity contribution >= 4 is 11.9 Å². The summed E-state index contributed by atoms with van der Waals surface area (Å²) >= 11 is 0. The number of carbonyl (C=O) groups is 2. The van der Waals surface area contributed by atoms with Crippen molar-refractivity contribution in [2.45, 2.75) is 46.5 Å². The molecule has 1 aliphatic rings. The van der Waals surface area contributed by atoms with E-state index in [4.69, 9.17) is 5.11 Å². The minimum atomic E-state index is -0.779. The highest BCUT2D eigenvalue weighted by Crippen LogP contribution is 2.23. The first-order valence-corrected chi connectivity index (χ1v) is 6.30. The van der Waals surface area contributed by atoms with Gasteiger partial charge in [-0.25, -0.2) is 0 Å². The Labute approximate surface area is 103 Å². The first kappa shape index (κ1) is 14.0. The summed E-state index contributed by atoms with van der Waals surface area (Å²) < 4.78 is 0. The van der Waals surface area contributed by atoms with E-state index >= 15 is 0 Å². The molecule has 1 atom stereocenters. The maximum atomic E-state index is 11.9. The van der Waals surface area contributed by atoms with Crippen molar-refractivity contribution < 1.29 is 14.7 Å². The van der Waals surface area contributed by atoms with Crippen molar-refractivity contribution in [1.82, 2.24) is 4.90 Å². The second-order valence-electron chi connectivity index (χ2n) is 6.08. The second kappa shape index (κ2) is 5.52. The number of carbonyl (C=O) groups excluding carboxylic acids is 1. The Morgan fingerprint density at radius 1 is 1.35 bits per heavy atom. The number of piperidine rings is 1. The van der Waals surface area contributed by atoms with Crippen LogP contribution >= 0.6 is 0 Å². The molecule has 17 heavy (non-hydrogen) atoms. The lowest BCUT2D eigenvalue weighted by molar-refractivity contribution is -0.145. The van der Waals surface area contributed by atoms with Gasteiger partial charge in [-0.1, -0.05) is 20.8 Å². The number of nitrogens with zero attached hydrogens (tertiary/aromatic N) is 1. The maximum absolute atomic E-state index is 11.9. The minimum absolute atomic E-state index is 0.103. The zero-order valence-electron chi connectivity index (χ0n) is 11.0. The van der Waals surface area contributed by atoms with Crippen LogP contribution in [-0.4, -0.2) is 35.0 Å². The largest absolute Gasteiger partial charge is 0.481 e. The van der Waals surface area contributed by atoms with E-state index in [1.54, 1.807) is 4.90 Å². The van der Waals surface area contributed by atoms with Crippen LogP contribution in [0.5, 0.6) is 0 Å². The van der Waals surface area contributed by atoms with Gasteiger partial charge in [0.2, 0.25) is 5.91 Å². The fourth-order valence-corrected chi connectivity index (χ4v) is 2.05. The highest BCUT2D eigenvalue weighted by atomic mass is 16.4. The number of likely N-dealkylation sites (tertiary alicyclic amines) is 1. The Morgan fingerprint density at radius 2 is 2.00 bits per heavy atom. The smallest absolute Gasteiger partial charge is 0.308 e. The van der Waals surface area contributed by atoms with Crippen molar-refractivity contribution in [2.75, 3.05) is 13.1 Å². The van der Waals surface area contributed by atoms with E-state index in [0.717, 1.165) is 12.8 Å². The molecule has 98 valence electrons. The van der Waals surface area contributed by atoms with Crippen molar-refractivity contribution in [1.29, 1.82) is 0 Å². The third-order valence-corrected chi connectivity index (χ3v) is 3.21. The van der Waals surface area contributed by atoms with Gasteiger partial charge < -0.3 is 10.0 Å². The number of aliphatic carboxylic acids is 1. The van der Waals surface area contributed by atoms with Crippen LogP contribution in [0.1, 0.15) is 46.5 Å². The zero-order valence-corrected chi connectivity index (χ0v) is 11.0. The first-order chi connectivity index (χ1) is 7.79. The first-order valence-electron chi connectivity index (χ1n) is 6.30. The third-order valence-electron chi connectivity index (χ3n) is 3.21. The van der Waals surface area contributed by atoms with E-state index in [0.29, 0.717) is 25.9 Å². The van der Waals surface area contributed by atoms with Gasteiger partial charge in [0.1, 0.15) is 0 Å². The Kier molecular flexibility index (Phi) is 4.54. The van der Waals surface area contributed by atoms with Crippen LogP contribution in [0.3, 0.4) is 0 Å². The summed E-state index contributed by atoms with van der Waals surface area (Å²) in [6.45, 7) is 7.43. The molecular formula is C13H23NO3. The van der Waals surface area contributed by atoms with Crippen LogP contribution in [0.2, 0.25) is 0 Å². The lowest BCUT2D eigenvalue weighted by atomic mass is 9.90. The summed E-state index contributed by atoms with van der Waals surface area (Å²) in [5.74, 6) is -1.05. The van der Waals surface area contributed by atoms with Gasteiger partial charge >= 0.3 is 5.97 Å². The molecule has 0 aromatic rings. The molecule has 1 rings (SSSR count). The Bertz CT molecular complexity index is 294. The molecule has 4 nitrogen and oxygen atoms in total. The standard InChI is InChI=1S/C13H23NO3/c1-13(2,3)7-6-11(15)14-8-4-5-10(9-14)12(16)17/h10H,4-9H2,1-3H3,(H,16,17)/t10-/m0/s1. The zero-order chi connectivity index (χ0) is 13.1. The van der Waals surface area contributed by atoms with Gasteiger partial charge in [0, 0.05) is 19.5 Å². The van der Waals surface area contributed by atoms with E-state index in [9.17, 15) is 9.59 Å². The molecule has 0 bridgehead atoms. The average Bonchev–Trinajstić information content (AvgIpc) is 2.25. The van der Waals surface area contributed by atoms with Gasteiger partial charge in [0.25, 0.3) is 0 Å². The summed E-state index contributed by atoms with van der Waals surface area (Å²) in [7, 11) is 0. The monoisotopic (exact) mass is 241 g/mol. The number of rotatable bonds is 3. The normalized spacial score (nSPS) is 21.4. The topological polar surface area (TPSA) is 57.6 Å². The Balaban J connectivity index is 2.44. The van der Waals surface area contributed by atoms with Crippen LogP contribution in [0.4, 0.5) is 0 Å². The van der Waals surface area contributed by atoms with Crippen LogP contribution < -0.4 is 0 Å². The number of carboxylic acid groups (broad SMARTS) is 1. The van der Waals surface area contributed by atoms with Crippen LogP contribution in [0, 0.1) is 11.3 Å². The van der Waals surface area contributed by atoms with Gasteiger partial charge in [-0.05, 0) is 24.7 Å². The molecule has 0 saturated carbocycles. The minimum Gasteiger partial charge on any atom is -0.481 e. The van der Waals surface area contributed by atoms with Crippen molar-refractivity contribution in [3.63, 3.8) is 0 Å². The fourth-order valence-electron chi connectivity index (χ4n) is 2.05. The van der Waals surface area contributed by atoms with Crippen LogP contribution in [-0.2, 0) is 9.59 Å². The summed E-state index contributed by atoms with van der Waals surface area (Å²) in [4.78, 5) is 24.6. The summed E-state index contributed by atoms with van der Waals surface area (Å²) in [6, 6.07) is 0. The Morgan fingerprint density at radius 3 is 2.53 bits per heavy atom. The molecule has 0 aromatic heterocycles. The molecule has 1 fully saturated rings. The summed E-state index contributed by atoms with van der Waals surface area (Å²) in [6.07, 6.45) is 2.87. The number of hydrogen-bond donors (Lipinski definition) is 1. The van der Waals surface area contributed by atoms with Gasteiger partial charge in [0.15, 0.2) is 0 Å². The van der Waals surface area contributed by atoms with Gasteiger partial charge in [-0.3, -0.25) is 9.59 Å². The van der Waals surface area contributed by atoms with Gasteiger partial charge in [-0.15, -0.1) is 0 Å². The average molecular weight is 241 g/mol. The predicted molar refractivity (Wildman–Crippen MR) is 65.6 cm³/mol. The highest BCUT2D eigenvalue weighted by Gasteiger charge is 2.28. The fraction of sp³-hybridized carbons (Fsp3) is 0.846. The van der Waals surface area contributed by atoms with E-state index < -0.39 is 5.97 Å². The van der Waals surface area contributed by atoms with Crippen molar-refractivity contribution in [3.8, 4) is 0 Å². The van der Waals surface area contributed by atoms with E-state index in [1.165, 1.54) is 0 Å². The maximum Gasteiger partial charge on any atom is 0.308 e. The molecule has 1 N–H and O–H groups in total. The van der Waals surface area contributed by atoms with Crippen molar-refractivity contribution in [3.05, 3.63) is 0 Å². The molecule has 0 spiro atoms.